The van der Waals surface area contributed by atoms with Gasteiger partial charge in [-0.3, -0.25) is 4.79 Å². The topological polar surface area (TPSA) is 50.4 Å². The maximum absolute atomic E-state index is 11.7. The number of nitrogens with one attached hydrogen (secondary N) is 2. The first-order chi connectivity index (χ1) is 7.18. The number of carbonyl (C=O) groups excluding carboxylic acids is 1. The molecule has 0 aromatic rings. The highest BCUT2D eigenvalue weighted by molar-refractivity contribution is 5.77. The molecule has 4 nitrogen and oxygen atoms in total. The molecule has 4 heteroatoms. The van der Waals surface area contributed by atoms with E-state index in [1.54, 1.807) is 0 Å². The zero-order valence-corrected chi connectivity index (χ0v) is 9.34. The Morgan fingerprint density at radius 3 is 3.13 bits per heavy atom. The largest absolute Gasteiger partial charge is 0.378 e. The Morgan fingerprint density at radius 2 is 2.53 bits per heavy atom. The van der Waals surface area contributed by atoms with Crippen LogP contribution in [0.4, 0.5) is 0 Å². The second-order valence-electron chi connectivity index (χ2n) is 4.87. The van der Waals surface area contributed by atoms with Gasteiger partial charge >= 0.3 is 0 Å². The van der Waals surface area contributed by atoms with Crippen LogP contribution < -0.4 is 10.6 Å². The SMILES string of the molecule is CC1(NC(=O)CC2CCCO2)CCNC1. The lowest BCUT2D eigenvalue weighted by Crippen LogP contribution is -2.48. The normalized spacial score (nSPS) is 35.7. The molecule has 1 amide bonds. The molecule has 0 bridgehead atoms. The number of rotatable bonds is 3. The first-order valence-electron chi connectivity index (χ1n) is 5.81. The van der Waals surface area contributed by atoms with Crippen molar-refractivity contribution in [3.63, 3.8) is 0 Å². The Kier molecular flexibility index (Phi) is 3.26. The zero-order chi connectivity index (χ0) is 10.7. The summed E-state index contributed by atoms with van der Waals surface area (Å²) in [6.07, 6.45) is 3.82. The van der Waals surface area contributed by atoms with Crippen molar-refractivity contribution >= 4 is 5.91 Å². The minimum Gasteiger partial charge on any atom is -0.378 e. The predicted octanol–water partition coefficient (Wildman–Crippen LogP) is 0.424. The quantitative estimate of drug-likeness (QED) is 0.713. The van der Waals surface area contributed by atoms with E-state index in [0.29, 0.717) is 6.42 Å². The van der Waals surface area contributed by atoms with Crippen LogP contribution in [0.3, 0.4) is 0 Å². The molecule has 2 N–H and O–H groups in total. The Hall–Kier alpha value is -0.610. The van der Waals surface area contributed by atoms with Gasteiger partial charge in [-0.15, -0.1) is 0 Å². The number of carbonyl (C=O) groups is 1. The molecule has 2 unspecified atom stereocenters. The van der Waals surface area contributed by atoms with E-state index in [-0.39, 0.29) is 17.6 Å². The molecule has 2 aliphatic rings. The van der Waals surface area contributed by atoms with E-state index in [4.69, 9.17) is 4.74 Å². The van der Waals surface area contributed by atoms with Gasteiger partial charge in [-0.05, 0) is 32.7 Å². The first kappa shape index (κ1) is 10.9. The molecule has 86 valence electrons. The van der Waals surface area contributed by atoms with E-state index in [1.807, 2.05) is 0 Å². The lowest BCUT2D eigenvalue weighted by atomic mass is 10.0. The van der Waals surface area contributed by atoms with Crippen LogP contribution in [0, 0.1) is 0 Å². The smallest absolute Gasteiger partial charge is 0.223 e. The minimum atomic E-state index is -0.0459. The van der Waals surface area contributed by atoms with Crippen molar-refractivity contribution in [3.05, 3.63) is 0 Å². The molecular formula is C11H20N2O2. The van der Waals surface area contributed by atoms with Crippen LogP contribution in [0.25, 0.3) is 0 Å². The van der Waals surface area contributed by atoms with E-state index in [2.05, 4.69) is 17.6 Å². The van der Waals surface area contributed by atoms with Gasteiger partial charge in [0.25, 0.3) is 0 Å². The minimum absolute atomic E-state index is 0.0459. The van der Waals surface area contributed by atoms with Crippen molar-refractivity contribution in [2.24, 2.45) is 0 Å². The monoisotopic (exact) mass is 212 g/mol. The molecule has 2 aliphatic heterocycles. The fraction of sp³-hybridized carbons (Fsp3) is 0.909. The van der Waals surface area contributed by atoms with Crippen LogP contribution >= 0.6 is 0 Å². The van der Waals surface area contributed by atoms with Crippen molar-refractivity contribution in [3.8, 4) is 0 Å². The molecule has 2 fully saturated rings. The Bertz CT molecular complexity index is 231. The van der Waals surface area contributed by atoms with Gasteiger partial charge in [-0.1, -0.05) is 0 Å². The first-order valence-corrected chi connectivity index (χ1v) is 5.81. The van der Waals surface area contributed by atoms with Gasteiger partial charge in [0.1, 0.15) is 0 Å². The number of hydrogen-bond donors (Lipinski definition) is 2. The van der Waals surface area contributed by atoms with Crippen molar-refractivity contribution in [2.45, 2.75) is 44.2 Å². The molecular weight excluding hydrogens is 192 g/mol. The third-order valence-electron chi connectivity index (χ3n) is 3.25. The van der Waals surface area contributed by atoms with Gasteiger partial charge < -0.3 is 15.4 Å². The summed E-state index contributed by atoms with van der Waals surface area (Å²) in [4.78, 5) is 11.7. The summed E-state index contributed by atoms with van der Waals surface area (Å²) in [6, 6.07) is 0. The van der Waals surface area contributed by atoms with E-state index < -0.39 is 0 Å². The fourth-order valence-corrected chi connectivity index (χ4v) is 2.32. The maximum Gasteiger partial charge on any atom is 0.223 e. The van der Waals surface area contributed by atoms with Crippen LogP contribution in [0.15, 0.2) is 0 Å². The fourth-order valence-electron chi connectivity index (χ4n) is 2.32. The number of amides is 1. The Labute approximate surface area is 90.8 Å². The third-order valence-corrected chi connectivity index (χ3v) is 3.25. The third kappa shape index (κ3) is 2.92. The van der Waals surface area contributed by atoms with Crippen LogP contribution in [0.5, 0.6) is 0 Å². The highest BCUT2D eigenvalue weighted by Gasteiger charge is 2.31. The molecule has 15 heavy (non-hydrogen) atoms. The molecule has 0 aromatic carbocycles. The van der Waals surface area contributed by atoms with Gasteiger partial charge in [0.05, 0.1) is 18.1 Å². The van der Waals surface area contributed by atoms with Crippen LogP contribution in [-0.4, -0.2) is 37.2 Å². The average Bonchev–Trinajstić information content (AvgIpc) is 2.76. The maximum atomic E-state index is 11.7. The number of hydrogen-bond acceptors (Lipinski definition) is 3. The highest BCUT2D eigenvalue weighted by atomic mass is 16.5. The Morgan fingerprint density at radius 1 is 1.67 bits per heavy atom. The molecule has 0 radical (unpaired) electrons. The lowest BCUT2D eigenvalue weighted by Gasteiger charge is -2.25. The van der Waals surface area contributed by atoms with Crippen molar-refractivity contribution in [2.75, 3.05) is 19.7 Å². The van der Waals surface area contributed by atoms with Crippen LogP contribution in [0.2, 0.25) is 0 Å². The second kappa shape index (κ2) is 4.49. The number of ether oxygens (including phenoxy) is 1. The predicted molar refractivity (Wildman–Crippen MR) is 57.6 cm³/mol. The summed E-state index contributed by atoms with van der Waals surface area (Å²) < 4.78 is 5.44. The molecule has 2 heterocycles. The highest BCUT2D eigenvalue weighted by Crippen LogP contribution is 2.17. The van der Waals surface area contributed by atoms with Gasteiger partial charge in [-0.25, -0.2) is 0 Å². The molecule has 2 rings (SSSR count). The van der Waals surface area contributed by atoms with Crippen LogP contribution in [-0.2, 0) is 9.53 Å². The lowest BCUT2D eigenvalue weighted by molar-refractivity contribution is -0.124. The summed E-state index contributed by atoms with van der Waals surface area (Å²) in [7, 11) is 0. The van der Waals surface area contributed by atoms with Gasteiger partial charge in [-0.2, -0.15) is 0 Å². The summed E-state index contributed by atoms with van der Waals surface area (Å²) in [5, 5.41) is 6.37. The standard InChI is InChI=1S/C11H20N2O2/c1-11(4-5-12-8-11)13-10(14)7-9-3-2-6-15-9/h9,12H,2-8H2,1H3,(H,13,14). The van der Waals surface area contributed by atoms with Crippen molar-refractivity contribution in [1.29, 1.82) is 0 Å². The molecule has 2 saturated heterocycles. The summed E-state index contributed by atoms with van der Waals surface area (Å²) >= 11 is 0. The van der Waals surface area contributed by atoms with Crippen LogP contribution in [0.1, 0.15) is 32.6 Å². The van der Waals surface area contributed by atoms with E-state index >= 15 is 0 Å². The van der Waals surface area contributed by atoms with E-state index in [0.717, 1.165) is 39.0 Å². The summed E-state index contributed by atoms with van der Waals surface area (Å²) in [5.74, 6) is 0.133. The average molecular weight is 212 g/mol. The van der Waals surface area contributed by atoms with E-state index in [1.165, 1.54) is 0 Å². The molecule has 2 atom stereocenters. The van der Waals surface area contributed by atoms with Crippen molar-refractivity contribution < 1.29 is 9.53 Å². The summed E-state index contributed by atoms with van der Waals surface area (Å²) in [5.41, 5.74) is -0.0459. The van der Waals surface area contributed by atoms with Gasteiger partial charge in [0.15, 0.2) is 0 Å². The molecule has 0 aromatic heterocycles. The molecule has 0 spiro atoms. The zero-order valence-electron chi connectivity index (χ0n) is 9.34. The molecule has 0 aliphatic carbocycles. The second-order valence-corrected chi connectivity index (χ2v) is 4.87. The molecule has 0 saturated carbocycles. The van der Waals surface area contributed by atoms with Gasteiger partial charge in [0.2, 0.25) is 5.91 Å². The van der Waals surface area contributed by atoms with E-state index in [9.17, 15) is 4.79 Å². The Balaban J connectivity index is 1.76. The van der Waals surface area contributed by atoms with Gasteiger partial charge in [0, 0.05) is 13.2 Å². The van der Waals surface area contributed by atoms with Crippen molar-refractivity contribution in [1.82, 2.24) is 10.6 Å². The summed E-state index contributed by atoms with van der Waals surface area (Å²) in [6.45, 7) is 4.79.